The summed E-state index contributed by atoms with van der Waals surface area (Å²) in [7, 11) is 0. The summed E-state index contributed by atoms with van der Waals surface area (Å²) in [6, 6.07) is 66.8. The summed E-state index contributed by atoms with van der Waals surface area (Å²) in [5, 5.41) is 14.8. The van der Waals surface area contributed by atoms with E-state index in [9.17, 15) is 0 Å². The normalized spacial score (nSPS) is 12.1. The highest BCUT2D eigenvalue weighted by molar-refractivity contribution is 7.26. The summed E-state index contributed by atoms with van der Waals surface area (Å²) in [4.78, 5) is 0. The number of hydrogen-bond acceptors (Lipinski definition) is 2. The van der Waals surface area contributed by atoms with E-state index in [0.29, 0.717) is 0 Å². The van der Waals surface area contributed by atoms with Gasteiger partial charge >= 0.3 is 0 Å². The van der Waals surface area contributed by atoms with Gasteiger partial charge in [-0.1, -0.05) is 146 Å². The van der Waals surface area contributed by atoms with Crippen LogP contribution in [-0.4, -0.2) is 0 Å². The average molecular weight is 703 g/mol. The molecule has 0 unspecified atom stereocenters. The van der Waals surface area contributed by atoms with Crippen LogP contribution in [0.15, 0.2) is 186 Å². The van der Waals surface area contributed by atoms with Crippen LogP contribution in [0.2, 0.25) is 0 Å². The molecular weight excluding hydrogens is 673 g/mol. The van der Waals surface area contributed by atoms with Crippen molar-refractivity contribution in [2.45, 2.75) is 0 Å². The summed E-state index contributed by atoms with van der Waals surface area (Å²) in [5.41, 5.74) is 9.36. The van der Waals surface area contributed by atoms with Gasteiger partial charge in [0.25, 0.3) is 0 Å². The van der Waals surface area contributed by atoms with Gasteiger partial charge in [0.15, 0.2) is 0 Å². The topological polar surface area (TPSA) is 13.1 Å². The van der Waals surface area contributed by atoms with Gasteiger partial charge in [0.05, 0.1) is 0 Å². The van der Waals surface area contributed by atoms with E-state index in [1.807, 2.05) is 17.4 Å². The molecule has 0 saturated heterocycles. The highest BCUT2D eigenvalue weighted by Crippen LogP contribution is 2.48. The van der Waals surface area contributed by atoms with Gasteiger partial charge in [0.2, 0.25) is 0 Å². The molecule has 0 fully saturated rings. The third-order valence-electron chi connectivity index (χ3n) is 11.4. The van der Waals surface area contributed by atoms with Gasteiger partial charge in [-0.15, -0.1) is 11.3 Å². The first-order chi connectivity index (χ1) is 26.8. The maximum Gasteiger partial charge on any atom is 0.143 e. The third kappa shape index (κ3) is 4.32. The van der Waals surface area contributed by atoms with Crippen molar-refractivity contribution in [1.29, 1.82) is 0 Å². The van der Waals surface area contributed by atoms with Crippen molar-refractivity contribution in [2.75, 3.05) is 0 Å². The number of furan rings is 1. The number of rotatable bonds is 3. The van der Waals surface area contributed by atoms with Crippen LogP contribution >= 0.6 is 11.3 Å². The molecule has 0 aliphatic rings. The summed E-state index contributed by atoms with van der Waals surface area (Å²) in [6.07, 6.45) is 0. The van der Waals surface area contributed by atoms with Crippen molar-refractivity contribution in [3.63, 3.8) is 0 Å². The van der Waals surface area contributed by atoms with E-state index in [0.717, 1.165) is 16.6 Å². The Kier molecular flexibility index (Phi) is 6.28. The summed E-state index contributed by atoms with van der Waals surface area (Å²) < 4.78 is 9.14. The lowest BCUT2D eigenvalue weighted by Gasteiger charge is -2.18. The maximum absolute atomic E-state index is 6.58. The fourth-order valence-electron chi connectivity index (χ4n) is 8.99. The zero-order valence-corrected chi connectivity index (χ0v) is 30.0. The van der Waals surface area contributed by atoms with Crippen molar-refractivity contribution >= 4 is 96.5 Å². The van der Waals surface area contributed by atoms with Crippen LogP contribution in [0.4, 0.5) is 0 Å². The molecule has 0 bridgehead atoms. The fraction of sp³-hybridized carbons (Fsp3) is 0. The minimum absolute atomic E-state index is 0.932. The molecule has 0 aliphatic carbocycles. The fourth-order valence-corrected chi connectivity index (χ4v) is 10.1. The Morgan fingerprint density at radius 2 is 0.889 bits per heavy atom. The number of benzene rings is 10. The largest absolute Gasteiger partial charge is 0.455 e. The van der Waals surface area contributed by atoms with Crippen LogP contribution in [0.1, 0.15) is 0 Å². The van der Waals surface area contributed by atoms with Gasteiger partial charge in [-0.05, 0) is 107 Å². The first-order valence-electron chi connectivity index (χ1n) is 18.5. The number of fused-ring (bicyclic) bond motifs is 12. The zero-order valence-electron chi connectivity index (χ0n) is 29.1. The minimum Gasteiger partial charge on any atom is -0.455 e. The van der Waals surface area contributed by atoms with Gasteiger partial charge < -0.3 is 4.42 Å². The van der Waals surface area contributed by atoms with Gasteiger partial charge in [0.1, 0.15) is 11.2 Å². The minimum atomic E-state index is 0.932. The first-order valence-corrected chi connectivity index (χ1v) is 19.3. The van der Waals surface area contributed by atoms with Crippen LogP contribution in [0.5, 0.6) is 0 Å². The molecule has 0 spiro atoms. The molecule has 54 heavy (non-hydrogen) atoms. The summed E-state index contributed by atoms with van der Waals surface area (Å²) >= 11 is 1.87. The lowest BCUT2D eigenvalue weighted by molar-refractivity contribution is 0.673. The van der Waals surface area contributed by atoms with E-state index < -0.39 is 0 Å². The zero-order chi connectivity index (χ0) is 35.3. The number of thiophene rings is 1. The highest BCUT2D eigenvalue weighted by atomic mass is 32.1. The van der Waals surface area contributed by atoms with Crippen LogP contribution < -0.4 is 0 Å². The molecule has 250 valence electrons. The second kappa shape index (κ2) is 11.4. The second-order valence-corrected chi connectivity index (χ2v) is 15.5. The van der Waals surface area contributed by atoms with Crippen LogP contribution in [-0.2, 0) is 0 Å². The van der Waals surface area contributed by atoms with E-state index >= 15 is 0 Å². The van der Waals surface area contributed by atoms with Crippen LogP contribution in [0, 0.1) is 0 Å². The van der Waals surface area contributed by atoms with E-state index in [2.05, 4.69) is 176 Å². The maximum atomic E-state index is 6.58. The van der Waals surface area contributed by atoms with Crippen molar-refractivity contribution < 1.29 is 4.42 Å². The molecule has 1 nitrogen and oxygen atoms in total. The Hall–Kier alpha value is -6.74. The molecule has 12 aromatic rings. The average Bonchev–Trinajstić information content (AvgIpc) is 3.81. The monoisotopic (exact) mass is 702 g/mol. The Bertz CT molecular complexity index is 3450. The highest BCUT2D eigenvalue weighted by Gasteiger charge is 2.20. The number of para-hydroxylation sites is 1. The SMILES string of the molecule is c1cc(-c2ccc3ccccc3c2)cc(-c2c3ccccc3c(-c3ccc4c(c3)sc3ccc5ccc6c7ccccc7oc6c5c34)c3ccccc23)c1. The van der Waals surface area contributed by atoms with Crippen LogP contribution in [0.3, 0.4) is 0 Å². The van der Waals surface area contributed by atoms with Crippen molar-refractivity contribution in [2.24, 2.45) is 0 Å². The molecule has 0 amide bonds. The van der Waals surface area contributed by atoms with E-state index in [1.165, 1.54) is 102 Å². The van der Waals surface area contributed by atoms with Crippen molar-refractivity contribution in [3.8, 4) is 33.4 Å². The Morgan fingerprint density at radius 3 is 1.67 bits per heavy atom. The molecule has 10 aromatic carbocycles. The summed E-state index contributed by atoms with van der Waals surface area (Å²) in [6.45, 7) is 0. The Balaban J connectivity index is 1.08. The number of hydrogen-bond donors (Lipinski definition) is 0. The summed E-state index contributed by atoms with van der Waals surface area (Å²) in [5.74, 6) is 0. The predicted molar refractivity (Wildman–Crippen MR) is 233 cm³/mol. The van der Waals surface area contributed by atoms with E-state index in [1.54, 1.807) is 0 Å². The molecule has 2 aromatic heterocycles. The third-order valence-corrected chi connectivity index (χ3v) is 12.5. The molecule has 0 N–H and O–H groups in total. The van der Waals surface area contributed by atoms with Gasteiger partial charge in [-0.25, -0.2) is 0 Å². The van der Waals surface area contributed by atoms with Gasteiger partial charge in [0, 0.05) is 36.3 Å². The lowest BCUT2D eigenvalue weighted by Crippen LogP contribution is -1.91. The molecular formula is C52H30OS. The van der Waals surface area contributed by atoms with E-state index in [-0.39, 0.29) is 0 Å². The smallest absolute Gasteiger partial charge is 0.143 e. The molecule has 12 rings (SSSR count). The van der Waals surface area contributed by atoms with Gasteiger partial charge in [-0.2, -0.15) is 0 Å². The van der Waals surface area contributed by atoms with E-state index in [4.69, 9.17) is 4.42 Å². The first kappa shape index (κ1) is 29.8. The molecule has 2 heteroatoms. The van der Waals surface area contributed by atoms with Gasteiger partial charge in [-0.3, -0.25) is 0 Å². The molecule has 2 heterocycles. The van der Waals surface area contributed by atoms with Crippen molar-refractivity contribution in [1.82, 2.24) is 0 Å². The molecule has 0 atom stereocenters. The lowest BCUT2D eigenvalue weighted by atomic mass is 9.85. The second-order valence-electron chi connectivity index (χ2n) is 14.4. The molecule has 0 saturated carbocycles. The van der Waals surface area contributed by atoms with Crippen molar-refractivity contribution in [3.05, 3.63) is 182 Å². The Morgan fingerprint density at radius 1 is 0.315 bits per heavy atom. The molecule has 0 radical (unpaired) electrons. The quantitative estimate of drug-likeness (QED) is 0.167. The standard InChI is InChI=1S/C52H30OS/c1-2-11-33-28-35(21-20-31(33)10-1)34-12-9-13-36(29-34)48-39-15-3-5-17-41(39)49(42-18-6-4-16-40(42)48)37-23-26-44-47(30-37)54-46-27-24-32-22-25-43-38-14-7-8-19-45(38)53-52(43)50(32)51(44)46/h1-30H. The Labute approximate surface area is 314 Å². The van der Waals surface area contributed by atoms with Crippen LogP contribution in [0.25, 0.3) is 119 Å². The predicted octanol–water partition coefficient (Wildman–Crippen LogP) is 15.6. The molecule has 0 aliphatic heterocycles.